The van der Waals surface area contributed by atoms with Crippen LogP contribution < -0.4 is 5.73 Å². The van der Waals surface area contributed by atoms with Crippen LogP contribution in [0.1, 0.15) is 108 Å². The second-order valence-electron chi connectivity index (χ2n) is 9.84. The molecular weight excluding hydrogens is 492 g/mol. The summed E-state index contributed by atoms with van der Waals surface area (Å²) in [6.07, 6.45) is 17.8. The Morgan fingerprint density at radius 3 is 2.36 bits per heavy atom. The zero-order chi connectivity index (χ0) is 25.8. The minimum atomic E-state index is -0.837. The highest BCUT2D eigenvalue weighted by atomic mass is 32.1. The minimum Gasteiger partial charge on any atom is -0.463 e. The standard InChI is InChI=1S/C28H42N2O4S2/c1-2-3-4-5-6-7-8-9-10-11-12-13-15-21(24(31)20-17-19-34-27(35)25(20)32)26-23(30-28(29)36-26)22-16-14-18-33-22/h14,16,18,20-21,27,35H,2-13,15,17,19H2,1H3,(H2,29,30). The third-order valence-corrected chi connectivity index (χ3v) is 8.45. The van der Waals surface area contributed by atoms with Gasteiger partial charge in [-0.25, -0.2) is 4.98 Å². The maximum atomic E-state index is 13.7. The van der Waals surface area contributed by atoms with Crippen LogP contribution in [0.3, 0.4) is 0 Å². The number of furan rings is 1. The maximum absolute atomic E-state index is 13.7. The van der Waals surface area contributed by atoms with Crippen molar-refractivity contribution in [2.75, 3.05) is 12.3 Å². The van der Waals surface area contributed by atoms with E-state index in [2.05, 4.69) is 24.5 Å². The molecule has 3 atom stereocenters. The first kappa shape index (κ1) is 28.9. The van der Waals surface area contributed by atoms with E-state index in [1.165, 1.54) is 75.5 Å². The molecule has 0 aliphatic carbocycles. The number of nitrogen functional groups attached to an aromatic ring is 1. The van der Waals surface area contributed by atoms with Gasteiger partial charge in [-0.3, -0.25) is 9.59 Å². The number of aromatic nitrogens is 1. The number of unbranched alkanes of at least 4 members (excludes halogenated alkanes) is 11. The highest BCUT2D eigenvalue weighted by Crippen LogP contribution is 2.40. The third-order valence-electron chi connectivity index (χ3n) is 7.04. The van der Waals surface area contributed by atoms with Crippen LogP contribution in [0.2, 0.25) is 0 Å². The van der Waals surface area contributed by atoms with Crippen molar-refractivity contribution in [1.29, 1.82) is 0 Å². The zero-order valence-electron chi connectivity index (χ0n) is 21.6. The van der Waals surface area contributed by atoms with E-state index < -0.39 is 17.3 Å². The fourth-order valence-electron chi connectivity index (χ4n) is 4.99. The van der Waals surface area contributed by atoms with E-state index in [0.717, 1.165) is 17.7 Å². The Bertz CT molecular complexity index is 928. The minimum absolute atomic E-state index is 0.0677. The number of hydrogen-bond donors (Lipinski definition) is 2. The molecule has 8 heteroatoms. The molecule has 6 nitrogen and oxygen atoms in total. The van der Waals surface area contributed by atoms with Crippen molar-refractivity contribution in [3.05, 3.63) is 23.3 Å². The van der Waals surface area contributed by atoms with Gasteiger partial charge in [0.2, 0.25) is 0 Å². The third kappa shape index (κ3) is 8.45. The van der Waals surface area contributed by atoms with Crippen molar-refractivity contribution < 1.29 is 18.7 Å². The van der Waals surface area contributed by atoms with Crippen LogP contribution in [-0.4, -0.2) is 28.6 Å². The molecule has 3 heterocycles. The number of nitrogens with zero attached hydrogens (tertiary/aromatic N) is 1. The van der Waals surface area contributed by atoms with E-state index in [1.807, 2.05) is 6.07 Å². The van der Waals surface area contributed by atoms with Crippen LogP contribution in [0.15, 0.2) is 22.8 Å². The average Bonchev–Trinajstić information content (AvgIpc) is 3.53. The lowest BCUT2D eigenvalue weighted by Crippen LogP contribution is -2.39. The highest BCUT2D eigenvalue weighted by molar-refractivity contribution is 7.81. The summed E-state index contributed by atoms with van der Waals surface area (Å²) in [5.41, 5.74) is 5.85. The summed E-state index contributed by atoms with van der Waals surface area (Å²) in [5.74, 6) is -0.851. The van der Waals surface area contributed by atoms with Gasteiger partial charge in [0.1, 0.15) is 5.69 Å². The van der Waals surface area contributed by atoms with Gasteiger partial charge in [0.05, 0.1) is 18.1 Å². The second kappa shape index (κ2) is 15.6. The van der Waals surface area contributed by atoms with E-state index in [9.17, 15) is 9.59 Å². The summed E-state index contributed by atoms with van der Waals surface area (Å²) in [5, 5.41) is 0.397. The summed E-state index contributed by atoms with van der Waals surface area (Å²) in [7, 11) is 0. The number of carbonyl (C=O) groups is 2. The molecule has 1 aliphatic heterocycles. The SMILES string of the molecule is CCCCCCCCCCCCCCC(C(=O)C1CCOC(S)C1=O)c1sc(N)nc1-c1ccco1. The smallest absolute Gasteiger partial charge is 0.182 e. The van der Waals surface area contributed by atoms with Crippen molar-refractivity contribution in [1.82, 2.24) is 4.98 Å². The highest BCUT2D eigenvalue weighted by Gasteiger charge is 2.40. The lowest BCUT2D eigenvalue weighted by molar-refractivity contribution is -0.142. The van der Waals surface area contributed by atoms with Crippen molar-refractivity contribution in [3.63, 3.8) is 0 Å². The fourth-order valence-corrected chi connectivity index (χ4v) is 6.25. The monoisotopic (exact) mass is 534 g/mol. The molecule has 1 saturated heterocycles. The second-order valence-corrected chi connectivity index (χ2v) is 11.4. The molecule has 0 amide bonds. The summed E-state index contributed by atoms with van der Waals surface area (Å²) in [6.45, 7) is 2.61. The summed E-state index contributed by atoms with van der Waals surface area (Å²) in [6, 6.07) is 3.62. The van der Waals surface area contributed by atoms with Gasteiger partial charge in [-0.2, -0.15) is 0 Å². The molecule has 0 aromatic carbocycles. The number of thiol groups is 1. The molecule has 1 fully saturated rings. The topological polar surface area (TPSA) is 95.4 Å². The molecule has 2 aromatic heterocycles. The van der Waals surface area contributed by atoms with Gasteiger partial charge < -0.3 is 14.9 Å². The van der Waals surface area contributed by atoms with Crippen LogP contribution in [0.4, 0.5) is 5.13 Å². The molecule has 0 spiro atoms. The van der Waals surface area contributed by atoms with Crippen molar-refractivity contribution in [2.24, 2.45) is 5.92 Å². The number of rotatable bonds is 17. The van der Waals surface area contributed by atoms with Crippen LogP contribution in [0.25, 0.3) is 11.5 Å². The molecule has 3 unspecified atom stereocenters. The molecule has 0 bridgehead atoms. The van der Waals surface area contributed by atoms with Crippen LogP contribution in [0, 0.1) is 5.92 Å². The van der Waals surface area contributed by atoms with Gasteiger partial charge in [-0.05, 0) is 25.0 Å². The van der Waals surface area contributed by atoms with Gasteiger partial charge in [-0.1, -0.05) is 84.0 Å². The molecule has 2 aromatic rings. The number of anilines is 1. The van der Waals surface area contributed by atoms with Crippen LogP contribution in [-0.2, 0) is 14.3 Å². The number of thiazole rings is 1. The molecule has 36 heavy (non-hydrogen) atoms. The number of Topliss-reactive ketones (excluding diaryl/α,β-unsaturated/α-hetero) is 2. The lowest BCUT2D eigenvalue weighted by Gasteiger charge is -2.27. The predicted molar refractivity (Wildman–Crippen MR) is 150 cm³/mol. The Balaban J connectivity index is 1.56. The number of ketones is 2. The summed E-state index contributed by atoms with van der Waals surface area (Å²) >= 11 is 5.55. The number of ether oxygens (including phenoxy) is 1. The van der Waals surface area contributed by atoms with Crippen molar-refractivity contribution in [3.8, 4) is 11.5 Å². The van der Waals surface area contributed by atoms with E-state index in [4.69, 9.17) is 14.9 Å². The largest absolute Gasteiger partial charge is 0.463 e. The number of carbonyl (C=O) groups excluding carboxylic acids is 2. The molecule has 1 aliphatic rings. The van der Waals surface area contributed by atoms with Gasteiger partial charge in [0.25, 0.3) is 0 Å². The zero-order valence-corrected chi connectivity index (χ0v) is 23.3. The first-order chi connectivity index (χ1) is 17.5. The maximum Gasteiger partial charge on any atom is 0.182 e. The molecule has 0 saturated carbocycles. The Hall–Kier alpha value is -1.64. The van der Waals surface area contributed by atoms with Gasteiger partial charge in [0, 0.05) is 11.5 Å². The Kier molecular flexibility index (Phi) is 12.5. The lowest BCUT2D eigenvalue weighted by atomic mass is 9.82. The van der Waals surface area contributed by atoms with E-state index >= 15 is 0 Å². The Labute approximate surface area is 225 Å². The Morgan fingerprint density at radius 1 is 1.11 bits per heavy atom. The van der Waals surface area contributed by atoms with Crippen molar-refractivity contribution >= 4 is 40.7 Å². The first-order valence-electron chi connectivity index (χ1n) is 13.7. The quantitative estimate of drug-likeness (QED) is 0.123. The molecule has 200 valence electrons. The van der Waals surface area contributed by atoms with E-state index in [1.54, 1.807) is 12.3 Å². The number of nitrogens with two attached hydrogens (primary N) is 1. The van der Waals surface area contributed by atoms with Crippen LogP contribution in [0.5, 0.6) is 0 Å². The summed E-state index contributed by atoms with van der Waals surface area (Å²) in [4.78, 5) is 31.7. The van der Waals surface area contributed by atoms with Gasteiger partial charge in [-0.15, -0.1) is 24.0 Å². The van der Waals surface area contributed by atoms with Crippen molar-refractivity contribution in [2.45, 2.75) is 108 Å². The van der Waals surface area contributed by atoms with Gasteiger partial charge in [0.15, 0.2) is 27.9 Å². The molecule has 2 N–H and O–H groups in total. The molecule has 3 rings (SSSR count). The first-order valence-corrected chi connectivity index (χ1v) is 15.0. The van der Waals surface area contributed by atoms with E-state index in [0.29, 0.717) is 36.0 Å². The van der Waals surface area contributed by atoms with Crippen LogP contribution >= 0.6 is 24.0 Å². The molecular formula is C28H42N2O4S2. The fraction of sp³-hybridized carbons (Fsp3) is 0.679. The summed E-state index contributed by atoms with van der Waals surface area (Å²) < 4.78 is 10.9. The normalized spacial score (nSPS) is 19.0. The van der Waals surface area contributed by atoms with E-state index in [-0.39, 0.29) is 11.6 Å². The number of hydrogen-bond acceptors (Lipinski definition) is 8. The molecule has 0 radical (unpaired) electrons. The Morgan fingerprint density at radius 2 is 1.75 bits per heavy atom. The predicted octanol–water partition coefficient (Wildman–Crippen LogP) is 7.59. The average molecular weight is 535 g/mol. The van der Waals surface area contributed by atoms with Gasteiger partial charge >= 0.3 is 0 Å².